The molecule has 128 valence electrons. The second-order valence-electron chi connectivity index (χ2n) is 6.95. The molecule has 4 rings (SSSR count). The molecule has 1 amide bonds. The molecular weight excluding hydrogens is 320 g/mol. The summed E-state index contributed by atoms with van der Waals surface area (Å²) in [5, 5.41) is 1.21. The minimum Gasteiger partial charge on any atom is -0.351 e. The molecule has 6 heteroatoms. The number of amides is 1. The maximum Gasteiger partial charge on any atom is 0.222 e. The molecule has 0 radical (unpaired) electrons. The van der Waals surface area contributed by atoms with Gasteiger partial charge in [-0.25, -0.2) is 9.97 Å². The number of nitrogens with zero attached hydrogens (tertiary/aromatic N) is 4. The van der Waals surface area contributed by atoms with Gasteiger partial charge in [-0.1, -0.05) is 0 Å². The van der Waals surface area contributed by atoms with Crippen molar-refractivity contribution in [1.82, 2.24) is 14.9 Å². The smallest absolute Gasteiger partial charge is 0.222 e. The first-order chi connectivity index (χ1) is 11.6. The molecule has 0 aliphatic carbocycles. The molecule has 2 aliphatic rings. The van der Waals surface area contributed by atoms with Gasteiger partial charge in [-0.15, -0.1) is 11.3 Å². The number of fused-ring (bicyclic) bond motifs is 1. The molecule has 2 saturated heterocycles. The molecule has 2 aliphatic heterocycles. The fourth-order valence-corrected chi connectivity index (χ4v) is 4.99. The van der Waals surface area contributed by atoms with E-state index in [2.05, 4.69) is 28.7 Å². The lowest BCUT2D eigenvalue weighted by Gasteiger charge is -2.39. The number of carbonyl (C=O) groups is 1. The minimum absolute atomic E-state index is 0.316. The van der Waals surface area contributed by atoms with E-state index in [0.717, 1.165) is 43.1 Å². The van der Waals surface area contributed by atoms with Crippen LogP contribution in [-0.4, -0.2) is 46.5 Å². The summed E-state index contributed by atoms with van der Waals surface area (Å²) in [5.74, 6) is 1.38. The van der Waals surface area contributed by atoms with E-state index >= 15 is 0 Å². The topological polar surface area (TPSA) is 49.3 Å². The monoisotopic (exact) mass is 344 g/mol. The van der Waals surface area contributed by atoms with Crippen molar-refractivity contribution in [2.45, 2.75) is 52.0 Å². The molecule has 0 saturated carbocycles. The fourth-order valence-electron chi connectivity index (χ4n) is 4.00. The van der Waals surface area contributed by atoms with E-state index in [9.17, 15) is 4.79 Å². The number of piperidine rings is 1. The zero-order valence-electron chi connectivity index (χ0n) is 14.4. The molecule has 0 spiro atoms. The summed E-state index contributed by atoms with van der Waals surface area (Å²) in [6.07, 6.45) is 6.98. The number of hydrogen-bond acceptors (Lipinski definition) is 5. The van der Waals surface area contributed by atoms with Crippen LogP contribution in [0.1, 0.15) is 42.5 Å². The lowest BCUT2D eigenvalue weighted by atomic mass is 10.0. The second kappa shape index (κ2) is 6.31. The van der Waals surface area contributed by atoms with Gasteiger partial charge in [0.2, 0.25) is 5.91 Å². The number of aromatic nitrogens is 2. The maximum atomic E-state index is 12.0. The number of aryl methyl sites for hydroxylation is 2. The minimum atomic E-state index is 0.316. The van der Waals surface area contributed by atoms with Crippen LogP contribution in [0, 0.1) is 13.8 Å². The lowest BCUT2D eigenvalue weighted by molar-refractivity contribution is -0.127. The van der Waals surface area contributed by atoms with Crippen molar-refractivity contribution in [3.63, 3.8) is 0 Å². The molecule has 2 aromatic rings. The molecule has 0 aromatic carbocycles. The fraction of sp³-hybridized carbons (Fsp3) is 0.611. The SMILES string of the molecule is Cc1sc2ncnc(N3CCCC[C@H]3CN3CCCC3=O)c2c1C. The number of anilines is 1. The Morgan fingerprint density at radius 2 is 2.08 bits per heavy atom. The maximum absolute atomic E-state index is 12.0. The first kappa shape index (κ1) is 15.8. The van der Waals surface area contributed by atoms with Crippen LogP contribution >= 0.6 is 11.3 Å². The molecule has 5 nitrogen and oxygen atoms in total. The Morgan fingerprint density at radius 3 is 2.88 bits per heavy atom. The number of carbonyl (C=O) groups excluding carboxylic acids is 1. The van der Waals surface area contributed by atoms with Crippen LogP contribution < -0.4 is 4.90 Å². The third-order valence-corrected chi connectivity index (χ3v) is 6.56. The van der Waals surface area contributed by atoms with Crippen molar-refractivity contribution in [3.05, 3.63) is 16.8 Å². The standard InChI is InChI=1S/C18H24N4OS/c1-12-13(2)24-18-16(12)17(19-11-20-18)22-9-4-3-6-14(22)10-21-8-5-7-15(21)23/h11,14H,3-10H2,1-2H3/t14-/m0/s1. The van der Waals surface area contributed by atoms with Crippen LogP contribution in [-0.2, 0) is 4.79 Å². The van der Waals surface area contributed by atoms with Gasteiger partial charge in [0.1, 0.15) is 17.0 Å². The first-order valence-corrected chi connectivity index (χ1v) is 9.72. The molecule has 4 heterocycles. The van der Waals surface area contributed by atoms with Crippen molar-refractivity contribution in [1.29, 1.82) is 0 Å². The zero-order valence-corrected chi connectivity index (χ0v) is 15.2. The van der Waals surface area contributed by atoms with Crippen LogP contribution in [0.15, 0.2) is 6.33 Å². The quantitative estimate of drug-likeness (QED) is 0.857. The van der Waals surface area contributed by atoms with E-state index in [1.165, 1.54) is 28.7 Å². The Labute approximate surface area is 146 Å². The van der Waals surface area contributed by atoms with Crippen molar-refractivity contribution >= 4 is 33.3 Å². The van der Waals surface area contributed by atoms with E-state index in [4.69, 9.17) is 0 Å². The van der Waals surface area contributed by atoms with E-state index in [-0.39, 0.29) is 0 Å². The van der Waals surface area contributed by atoms with E-state index in [0.29, 0.717) is 18.4 Å². The van der Waals surface area contributed by atoms with Gasteiger partial charge in [0.05, 0.1) is 5.39 Å². The summed E-state index contributed by atoms with van der Waals surface area (Å²) >= 11 is 1.75. The van der Waals surface area contributed by atoms with Crippen molar-refractivity contribution in [2.75, 3.05) is 24.5 Å². The second-order valence-corrected chi connectivity index (χ2v) is 8.15. The summed E-state index contributed by atoms with van der Waals surface area (Å²) in [5.41, 5.74) is 1.30. The number of thiophene rings is 1. The Morgan fingerprint density at radius 1 is 1.21 bits per heavy atom. The Bertz CT molecular complexity index is 772. The van der Waals surface area contributed by atoms with Gasteiger partial charge in [0.15, 0.2) is 0 Å². The average Bonchev–Trinajstić information content (AvgIpc) is 3.12. The Kier molecular flexibility index (Phi) is 4.16. The van der Waals surface area contributed by atoms with Crippen molar-refractivity contribution in [2.24, 2.45) is 0 Å². The Hall–Kier alpha value is -1.69. The molecule has 0 N–H and O–H groups in total. The van der Waals surface area contributed by atoms with E-state index < -0.39 is 0 Å². The average molecular weight is 344 g/mol. The van der Waals surface area contributed by atoms with Gasteiger partial charge in [-0.2, -0.15) is 0 Å². The highest BCUT2D eigenvalue weighted by atomic mass is 32.1. The van der Waals surface area contributed by atoms with Crippen LogP contribution in [0.3, 0.4) is 0 Å². The predicted octanol–water partition coefficient (Wildman–Crippen LogP) is 3.29. The molecule has 0 bridgehead atoms. The summed E-state index contributed by atoms with van der Waals surface area (Å²) in [7, 11) is 0. The molecule has 0 unspecified atom stereocenters. The Balaban J connectivity index is 1.69. The van der Waals surface area contributed by atoms with Gasteiger partial charge in [0, 0.05) is 37.0 Å². The number of rotatable bonds is 3. The van der Waals surface area contributed by atoms with Gasteiger partial charge in [-0.3, -0.25) is 4.79 Å². The number of hydrogen-bond donors (Lipinski definition) is 0. The summed E-state index contributed by atoms with van der Waals surface area (Å²) in [6, 6.07) is 0.374. The van der Waals surface area contributed by atoms with Crippen LogP contribution in [0.2, 0.25) is 0 Å². The predicted molar refractivity (Wildman–Crippen MR) is 97.7 cm³/mol. The summed E-state index contributed by atoms with van der Waals surface area (Å²) in [4.78, 5) is 28.1. The third-order valence-electron chi connectivity index (χ3n) is 5.45. The lowest BCUT2D eigenvalue weighted by Crippen LogP contribution is -2.47. The molecule has 2 aromatic heterocycles. The molecular formula is C18H24N4OS. The highest BCUT2D eigenvalue weighted by Gasteiger charge is 2.30. The highest BCUT2D eigenvalue weighted by Crippen LogP contribution is 2.36. The summed E-state index contributed by atoms with van der Waals surface area (Å²) < 4.78 is 0. The normalized spacial score (nSPS) is 21.9. The van der Waals surface area contributed by atoms with Gasteiger partial charge >= 0.3 is 0 Å². The third kappa shape index (κ3) is 2.66. The highest BCUT2D eigenvalue weighted by molar-refractivity contribution is 7.18. The first-order valence-electron chi connectivity index (χ1n) is 8.90. The van der Waals surface area contributed by atoms with Crippen LogP contribution in [0.5, 0.6) is 0 Å². The van der Waals surface area contributed by atoms with E-state index in [1.807, 2.05) is 4.90 Å². The summed E-state index contributed by atoms with van der Waals surface area (Å²) in [6.45, 7) is 7.10. The number of likely N-dealkylation sites (tertiary alicyclic amines) is 1. The van der Waals surface area contributed by atoms with Crippen molar-refractivity contribution < 1.29 is 4.79 Å². The van der Waals surface area contributed by atoms with Gasteiger partial charge in [-0.05, 0) is 45.1 Å². The van der Waals surface area contributed by atoms with Crippen LogP contribution in [0.25, 0.3) is 10.2 Å². The molecule has 1 atom stereocenters. The van der Waals surface area contributed by atoms with Gasteiger partial charge < -0.3 is 9.80 Å². The zero-order chi connectivity index (χ0) is 16.7. The largest absolute Gasteiger partial charge is 0.351 e. The van der Waals surface area contributed by atoms with Crippen molar-refractivity contribution in [3.8, 4) is 0 Å². The van der Waals surface area contributed by atoms with E-state index in [1.54, 1.807) is 17.7 Å². The molecule has 2 fully saturated rings. The molecule has 24 heavy (non-hydrogen) atoms. The van der Waals surface area contributed by atoms with Gasteiger partial charge in [0.25, 0.3) is 0 Å². The van der Waals surface area contributed by atoms with Crippen LogP contribution in [0.4, 0.5) is 5.82 Å².